The Morgan fingerprint density at radius 1 is 0.848 bits per heavy atom. The van der Waals surface area contributed by atoms with Crippen molar-refractivity contribution in [3.63, 3.8) is 0 Å². The highest BCUT2D eigenvalue weighted by Gasteiger charge is 2.15. The van der Waals surface area contributed by atoms with Crippen LogP contribution in [0.15, 0.2) is 60.9 Å². The van der Waals surface area contributed by atoms with Crippen molar-refractivity contribution in [2.45, 2.75) is 39.8 Å². The summed E-state index contributed by atoms with van der Waals surface area (Å²) in [4.78, 5) is 14.1. The van der Waals surface area contributed by atoms with Gasteiger partial charge in [0.25, 0.3) is 0 Å². The van der Waals surface area contributed by atoms with Crippen LogP contribution in [0.5, 0.6) is 0 Å². The lowest BCUT2D eigenvalue weighted by Crippen LogP contribution is -2.23. The van der Waals surface area contributed by atoms with Crippen molar-refractivity contribution in [1.82, 2.24) is 24.8 Å². The molecule has 2 aromatic carbocycles. The number of hydrogen-bond donors (Lipinski definition) is 3. The molecule has 0 amide bonds. The molecule has 0 unspecified atom stereocenters. The molecule has 7 heteroatoms. The molecular formula is C26H33N7. The van der Waals surface area contributed by atoms with Crippen LogP contribution >= 0.6 is 0 Å². The summed E-state index contributed by atoms with van der Waals surface area (Å²) in [6.45, 7) is 9.73. The van der Waals surface area contributed by atoms with Gasteiger partial charge in [-0.1, -0.05) is 61.5 Å². The predicted octanol–water partition coefficient (Wildman–Crippen LogP) is 5.10. The minimum Gasteiger partial charge on any atom is -0.364 e. The number of nitrogens with zero attached hydrogens (tertiary/aromatic N) is 4. The fraction of sp³-hybridized carbons (Fsp3) is 0.346. The van der Waals surface area contributed by atoms with Crippen molar-refractivity contribution in [3.8, 4) is 11.1 Å². The highest BCUT2D eigenvalue weighted by atomic mass is 15.2. The minimum absolute atomic E-state index is 0.266. The van der Waals surface area contributed by atoms with Gasteiger partial charge in [-0.25, -0.2) is 4.98 Å². The molecule has 172 valence electrons. The van der Waals surface area contributed by atoms with Crippen molar-refractivity contribution in [2.24, 2.45) is 0 Å². The van der Waals surface area contributed by atoms with Crippen LogP contribution < -0.4 is 16.0 Å². The summed E-state index contributed by atoms with van der Waals surface area (Å²) in [7, 11) is 0. The topological polar surface area (TPSA) is 79.7 Å². The smallest absolute Gasteiger partial charge is 0.226 e. The van der Waals surface area contributed by atoms with E-state index in [1.54, 1.807) is 0 Å². The third kappa shape index (κ3) is 5.68. The van der Waals surface area contributed by atoms with Gasteiger partial charge in [0.05, 0.1) is 6.33 Å². The first-order valence-electron chi connectivity index (χ1n) is 11.7. The van der Waals surface area contributed by atoms with E-state index in [0.29, 0.717) is 12.5 Å². The van der Waals surface area contributed by atoms with Crippen LogP contribution in [-0.2, 0) is 6.54 Å². The van der Waals surface area contributed by atoms with Crippen LogP contribution in [-0.4, -0.2) is 39.2 Å². The van der Waals surface area contributed by atoms with Crippen molar-refractivity contribution < 1.29 is 0 Å². The first kappa shape index (κ1) is 22.7. The molecule has 33 heavy (non-hydrogen) atoms. The van der Waals surface area contributed by atoms with E-state index in [2.05, 4.69) is 94.8 Å². The molecule has 0 radical (unpaired) electrons. The largest absolute Gasteiger partial charge is 0.364 e. The van der Waals surface area contributed by atoms with Gasteiger partial charge in [-0.05, 0) is 43.5 Å². The zero-order valence-corrected chi connectivity index (χ0v) is 19.7. The summed E-state index contributed by atoms with van der Waals surface area (Å²) in [5.74, 6) is 1.36. The molecule has 0 saturated heterocycles. The van der Waals surface area contributed by atoms with Crippen LogP contribution in [0.2, 0.25) is 0 Å². The van der Waals surface area contributed by atoms with Gasteiger partial charge in [0, 0.05) is 25.7 Å². The second kappa shape index (κ2) is 10.9. The molecule has 0 aliphatic heterocycles. The number of hydrogen-bond acceptors (Lipinski definition) is 6. The molecule has 0 fully saturated rings. The van der Waals surface area contributed by atoms with Crippen LogP contribution in [0, 0.1) is 0 Å². The van der Waals surface area contributed by atoms with Crippen molar-refractivity contribution in [1.29, 1.82) is 0 Å². The van der Waals surface area contributed by atoms with Gasteiger partial charge in [0.2, 0.25) is 5.95 Å². The van der Waals surface area contributed by atoms with E-state index in [1.807, 2.05) is 12.4 Å². The molecule has 7 nitrogen and oxygen atoms in total. The van der Waals surface area contributed by atoms with E-state index in [1.165, 1.54) is 16.7 Å². The standard InChI is InChI=1S/C26H33N7/c1-4-14-27-15-16-28-26-31-24(23-25(32-26)33(18-30-23)19(2)3)29-17-20-10-12-22(13-11-20)21-8-6-5-7-9-21/h5-13,18-19,27H,4,14-17H2,1-3H3,(H2,28,29,31,32). The van der Waals surface area contributed by atoms with Crippen molar-refractivity contribution in [2.75, 3.05) is 30.3 Å². The summed E-state index contributed by atoms with van der Waals surface area (Å²) < 4.78 is 2.08. The van der Waals surface area contributed by atoms with Gasteiger partial charge >= 0.3 is 0 Å². The molecule has 0 atom stereocenters. The Labute approximate surface area is 195 Å². The number of imidazole rings is 1. The first-order valence-corrected chi connectivity index (χ1v) is 11.7. The van der Waals surface area contributed by atoms with Crippen molar-refractivity contribution >= 4 is 22.9 Å². The third-order valence-electron chi connectivity index (χ3n) is 5.51. The average Bonchev–Trinajstić information content (AvgIpc) is 3.28. The number of rotatable bonds is 11. The summed E-state index contributed by atoms with van der Waals surface area (Å²) >= 11 is 0. The van der Waals surface area contributed by atoms with E-state index in [9.17, 15) is 0 Å². The summed E-state index contributed by atoms with van der Waals surface area (Å²) in [5.41, 5.74) is 5.24. The summed E-state index contributed by atoms with van der Waals surface area (Å²) in [6.07, 6.45) is 2.97. The molecule has 4 rings (SSSR count). The number of aromatic nitrogens is 4. The predicted molar refractivity (Wildman–Crippen MR) is 137 cm³/mol. The zero-order valence-electron chi connectivity index (χ0n) is 19.7. The lowest BCUT2D eigenvalue weighted by molar-refractivity contribution is 0.612. The molecule has 0 saturated carbocycles. The molecule has 0 bridgehead atoms. The minimum atomic E-state index is 0.266. The maximum Gasteiger partial charge on any atom is 0.226 e. The lowest BCUT2D eigenvalue weighted by atomic mass is 10.0. The maximum absolute atomic E-state index is 4.75. The van der Waals surface area contributed by atoms with Gasteiger partial charge in [0.1, 0.15) is 0 Å². The molecule has 4 aromatic rings. The van der Waals surface area contributed by atoms with E-state index in [-0.39, 0.29) is 6.04 Å². The Kier molecular flexibility index (Phi) is 7.52. The van der Waals surface area contributed by atoms with Crippen molar-refractivity contribution in [3.05, 3.63) is 66.5 Å². The molecule has 2 heterocycles. The van der Waals surface area contributed by atoms with E-state index in [4.69, 9.17) is 9.97 Å². The van der Waals surface area contributed by atoms with Gasteiger partial charge in [-0.3, -0.25) is 0 Å². The average molecular weight is 444 g/mol. The second-order valence-electron chi connectivity index (χ2n) is 8.41. The molecule has 0 spiro atoms. The molecule has 2 aromatic heterocycles. The van der Waals surface area contributed by atoms with Gasteiger partial charge < -0.3 is 20.5 Å². The van der Waals surface area contributed by atoms with E-state index < -0.39 is 0 Å². The van der Waals surface area contributed by atoms with Crippen LogP contribution in [0.4, 0.5) is 11.8 Å². The van der Waals surface area contributed by atoms with Crippen LogP contribution in [0.3, 0.4) is 0 Å². The Morgan fingerprint density at radius 3 is 2.33 bits per heavy atom. The van der Waals surface area contributed by atoms with Crippen LogP contribution in [0.1, 0.15) is 38.8 Å². The molecule has 0 aliphatic rings. The normalized spacial score (nSPS) is 11.3. The summed E-state index contributed by atoms with van der Waals surface area (Å²) in [6, 6.07) is 19.3. The highest BCUT2D eigenvalue weighted by molar-refractivity contribution is 5.84. The zero-order chi connectivity index (χ0) is 23.0. The molecular weight excluding hydrogens is 410 g/mol. The number of nitrogens with one attached hydrogen (secondary N) is 3. The Morgan fingerprint density at radius 2 is 1.61 bits per heavy atom. The first-order chi connectivity index (χ1) is 16.2. The summed E-state index contributed by atoms with van der Waals surface area (Å²) in [5, 5.41) is 10.2. The Bertz CT molecular complexity index is 1150. The van der Waals surface area contributed by atoms with Gasteiger partial charge in [-0.2, -0.15) is 9.97 Å². The number of anilines is 2. The molecule has 0 aliphatic carbocycles. The van der Waals surface area contributed by atoms with Gasteiger partial charge in [0.15, 0.2) is 17.0 Å². The fourth-order valence-electron chi connectivity index (χ4n) is 3.69. The highest BCUT2D eigenvalue weighted by Crippen LogP contribution is 2.24. The number of benzene rings is 2. The SMILES string of the molecule is CCCNCCNc1nc(NCc2ccc(-c3ccccc3)cc2)c2ncn(C(C)C)c2n1. The third-order valence-corrected chi connectivity index (χ3v) is 5.51. The monoisotopic (exact) mass is 443 g/mol. The lowest BCUT2D eigenvalue weighted by Gasteiger charge is -2.12. The Hall–Kier alpha value is -3.45. The van der Waals surface area contributed by atoms with Crippen LogP contribution in [0.25, 0.3) is 22.3 Å². The Balaban J connectivity index is 1.51. The van der Waals surface area contributed by atoms with E-state index >= 15 is 0 Å². The fourth-order valence-corrected chi connectivity index (χ4v) is 3.69. The quantitative estimate of drug-likeness (QED) is 0.280. The molecule has 3 N–H and O–H groups in total. The van der Waals surface area contributed by atoms with Gasteiger partial charge in [-0.15, -0.1) is 0 Å². The van der Waals surface area contributed by atoms with E-state index in [0.717, 1.165) is 43.0 Å². The number of fused-ring (bicyclic) bond motifs is 1. The second-order valence-corrected chi connectivity index (χ2v) is 8.41. The maximum atomic E-state index is 4.75.